The number of aliphatic hydroxyl groups is 1. The number of hydrogen-bond acceptors (Lipinski definition) is 1. The smallest absolute Gasteiger partial charge is 0.0465 e. The molecule has 0 bridgehead atoms. The van der Waals surface area contributed by atoms with Gasteiger partial charge in [-0.2, -0.15) is 0 Å². The molecule has 1 heteroatoms. The SMILES string of the molecule is CCC/C=C/C=C/C/C=C/CCO. The zero-order chi connectivity index (χ0) is 9.78. The normalized spacial score (nSPS) is 12.5. The average Bonchev–Trinajstić information content (AvgIpc) is 2.16. The van der Waals surface area contributed by atoms with Gasteiger partial charge in [0.25, 0.3) is 0 Å². The van der Waals surface area contributed by atoms with Crippen LogP contribution >= 0.6 is 0 Å². The largest absolute Gasteiger partial charge is 0.396 e. The Bertz CT molecular complexity index is 166. The minimum Gasteiger partial charge on any atom is -0.396 e. The maximum Gasteiger partial charge on any atom is 0.0465 e. The molecule has 0 amide bonds. The molecule has 1 N–H and O–H groups in total. The highest BCUT2D eigenvalue weighted by molar-refractivity contribution is 5.04. The van der Waals surface area contributed by atoms with E-state index in [9.17, 15) is 0 Å². The second kappa shape index (κ2) is 11.2. The molecular formula is C12H20O. The number of unbranched alkanes of at least 4 members (excludes halogenated alkanes) is 1. The number of allylic oxidation sites excluding steroid dienone is 5. The molecule has 0 radical (unpaired) electrons. The van der Waals surface area contributed by atoms with Crippen LogP contribution in [0.1, 0.15) is 32.6 Å². The molecule has 0 aliphatic carbocycles. The summed E-state index contributed by atoms with van der Waals surface area (Å²) in [4.78, 5) is 0. The molecule has 0 saturated carbocycles. The molecular weight excluding hydrogens is 160 g/mol. The van der Waals surface area contributed by atoms with Crippen molar-refractivity contribution in [2.45, 2.75) is 32.6 Å². The molecule has 0 unspecified atom stereocenters. The van der Waals surface area contributed by atoms with Gasteiger partial charge in [-0.3, -0.25) is 0 Å². The Labute approximate surface area is 81.5 Å². The van der Waals surface area contributed by atoms with E-state index in [1.54, 1.807) is 0 Å². The van der Waals surface area contributed by atoms with Crippen LogP contribution in [0.2, 0.25) is 0 Å². The summed E-state index contributed by atoms with van der Waals surface area (Å²) in [7, 11) is 0. The molecule has 1 nitrogen and oxygen atoms in total. The second-order valence-electron chi connectivity index (χ2n) is 2.86. The molecule has 0 heterocycles. The molecule has 0 aliphatic rings. The Morgan fingerprint density at radius 2 is 1.69 bits per heavy atom. The van der Waals surface area contributed by atoms with Crippen LogP contribution < -0.4 is 0 Å². The summed E-state index contributed by atoms with van der Waals surface area (Å²) in [5.41, 5.74) is 0. The van der Waals surface area contributed by atoms with Crippen LogP contribution in [0.5, 0.6) is 0 Å². The topological polar surface area (TPSA) is 20.2 Å². The lowest BCUT2D eigenvalue weighted by atomic mass is 10.3. The minimum absolute atomic E-state index is 0.247. The Morgan fingerprint density at radius 1 is 0.923 bits per heavy atom. The first kappa shape index (κ1) is 12.2. The van der Waals surface area contributed by atoms with Crippen molar-refractivity contribution >= 4 is 0 Å². The summed E-state index contributed by atoms with van der Waals surface area (Å²) in [5.74, 6) is 0. The van der Waals surface area contributed by atoms with Gasteiger partial charge in [-0.15, -0.1) is 0 Å². The van der Waals surface area contributed by atoms with Crippen molar-refractivity contribution in [3.05, 3.63) is 36.5 Å². The molecule has 0 aromatic heterocycles. The van der Waals surface area contributed by atoms with Crippen LogP contribution in [-0.2, 0) is 0 Å². The first-order valence-corrected chi connectivity index (χ1v) is 4.99. The van der Waals surface area contributed by atoms with E-state index in [0.717, 1.165) is 19.3 Å². The lowest BCUT2D eigenvalue weighted by Gasteiger charge is -1.83. The fourth-order valence-electron chi connectivity index (χ4n) is 0.866. The summed E-state index contributed by atoms with van der Waals surface area (Å²) in [6.45, 7) is 2.42. The van der Waals surface area contributed by atoms with Gasteiger partial charge in [0, 0.05) is 6.61 Å². The highest BCUT2D eigenvalue weighted by Gasteiger charge is 1.73. The number of hydrogen-bond donors (Lipinski definition) is 1. The van der Waals surface area contributed by atoms with Gasteiger partial charge in [-0.05, 0) is 19.3 Å². The summed E-state index contributed by atoms with van der Waals surface area (Å²) >= 11 is 0. The predicted octanol–water partition coefficient (Wildman–Crippen LogP) is 3.23. The van der Waals surface area contributed by atoms with E-state index >= 15 is 0 Å². The Balaban J connectivity index is 3.30. The quantitative estimate of drug-likeness (QED) is 0.471. The maximum atomic E-state index is 8.49. The van der Waals surface area contributed by atoms with Crippen LogP contribution in [0.25, 0.3) is 0 Å². The van der Waals surface area contributed by atoms with E-state index in [2.05, 4.69) is 37.3 Å². The van der Waals surface area contributed by atoms with Gasteiger partial charge in [-0.1, -0.05) is 49.8 Å². The first-order chi connectivity index (χ1) is 6.41. The molecule has 0 aromatic rings. The van der Waals surface area contributed by atoms with Crippen LogP contribution in [-0.4, -0.2) is 11.7 Å². The van der Waals surface area contributed by atoms with E-state index in [-0.39, 0.29) is 6.61 Å². The van der Waals surface area contributed by atoms with Crippen LogP contribution in [0.15, 0.2) is 36.5 Å². The highest BCUT2D eigenvalue weighted by atomic mass is 16.2. The molecule has 0 fully saturated rings. The third-order valence-electron chi connectivity index (χ3n) is 1.57. The van der Waals surface area contributed by atoms with Gasteiger partial charge < -0.3 is 5.11 Å². The second-order valence-corrected chi connectivity index (χ2v) is 2.86. The molecule has 0 rings (SSSR count). The predicted molar refractivity (Wildman–Crippen MR) is 58.6 cm³/mol. The van der Waals surface area contributed by atoms with Gasteiger partial charge in [-0.25, -0.2) is 0 Å². The van der Waals surface area contributed by atoms with Gasteiger partial charge in [0.05, 0.1) is 0 Å². The molecule has 0 spiro atoms. The molecule has 74 valence electrons. The fraction of sp³-hybridized carbons (Fsp3) is 0.500. The fourth-order valence-corrected chi connectivity index (χ4v) is 0.866. The van der Waals surface area contributed by atoms with Crippen molar-refractivity contribution in [2.24, 2.45) is 0 Å². The summed E-state index contributed by atoms with van der Waals surface area (Å²) in [6, 6.07) is 0. The van der Waals surface area contributed by atoms with Crippen molar-refractivity contribution < 1.29 is 5.11 Å². The standard InChI is InChI=1S/C12H20O/c1-2-3-4-5-6-7-8-9-10-11-12-13/h4-7,9-10,13H,2-3,8,11-12H2,1H3/b5-4+,7-6+,10-9+. The molecule has 0 saturated heterocycles. The Hall–Kier alpha value is -0.820. The average molecular weight is 180 g/mol. The molecule has 0 atom stereocenters. The number of rotatable bonds is 7. The zero-order valence-corrected chi connectivity index (χ0v) is 8.45. The third-order valence-corrected chi connectivity index (χ3v) is 1.57. The molecule has 0 aromatic carbocycles. The van der Waals surface area contributed by atoms with Crippen LogP contribution in [0, 0.1) is 0 Å². The summed E-state index contributed by atoms with van der Waals surface area (Å²) in [5, 5.41) is 8.49. The molecule has 0 aliphatic heterocycles. The first-order valence-electron chi connectivity index (χ1n) is 4.99. The van der Waals surface area contributed by atoms with E-state index < -0.39 is 0 Å². The van der Waals surface area contributed by atoms with Gasteiger partial charge in [0.15, 0.2) is 0 Å². The van der Waals surface area contributed by atoms with Gasteiger partial charge in [0.2, 0.25) is 0 Å². The van der Waals surface area contributed by atoms with E-state index in [0.29, 0.717) is 0 Å². The van der Waals surface area contributed by atoms with Crippen molar-refractivity contribution in [2.75, 3.05) is 6.61 Å². The lowest BCUT2D eigenvalue weighted by molar-refractivity contribution is 0.302. The highest BCUT2D eigenvalue weighted by Crippen LogP contribution is 1.91. The van der Waals surface area contributed by atoms with E-state index in [1.807, 2.05) is 6.08 Å². The monoisotopic (exact) mass is 180 g/mol. The minimum atomic E-state index is 0.247. The van der Waals surface area contributed by atoms with Crippen LogP contribution in [0.3, 0.4) is 0 Å². The van der Waals surface area contributed by atoms with Crippen molar-refractivity contribution in [3.8, 4) is 0 Å². The maximum absolute atomic E-state index is 8.49. The van der Waals surface area contributed by atoms with Gasteiger partial charge >= 0.3 is 0 Å². The van der Waals surface area contributed by atoms with E-state index in [4.69, 9.17) is 5.11 Å². The number of aliphatic hydroxyl groups excluding tert-OH is 1. The Morgan fingerprint density at radius 3 is 2.38 bits per heavy atom. The summed E-state index contributed by atoms with van der Waals surface area (Å²) in [6.07, 6.45) is 16.6. The third kappa shape index (κ3) is 11.2. The van der Waals surface area contributed by atoms with Crippen molar-refractivity contribution in [3.63, 3.8) is 0 Å². The van der Waals surface area contributed by atoms with Crippen molar-refractivity contribution in [1.29, 1.82) is 0 Å². The van der Waals surface area contributed by atoms with Crippen molar-refractivity contribution in [1.82, 2.24) is 0 Å². The lowest BCUT2D eigenvalue weighted by Crippen LogP contribution is -1.74. The Kier molecular flexibility index (Phi) is 10.5. The zero-order valence-electron chi connectivity index (χ0n) is 8.45. The van der Waals surface area contributed by atoms with E-state index in [1.165, 1.54) is 6.42 Å². The summed E-state index contributed by atoms with van der Waals surface area (Å²) < 4.78 is 0. The molecule has 13 heavy (non-hydrogen) atoms. The van der Waals surface area contributed by atoms with Gasteiger partial charge in [0.1, 0.15) is 0 Å². The van der Waals surface area contributed by atoms with Crippen LogP contribution in [0.4, 0.5) is 0 Å².